The molecule has 0 bridgehead atoms. The molecule has 1 aliphatic heterocycles. The number of amides is 2. The number of aliphatic hydroxyl groups is 3. The van der Waals surface area contributed by atoms with Crippen molar-refractivity contribution in [2.45, 2.75) is 26.6 Å². The third-order valence-electron chi connectivity index (χ3n) is 7.56. The fraction of sp³-hybridized carbons (Fsp3) is 0.400. The maximum absolute atomic E-state index is 13.6. The molecule has 50 heavy (non-hydrogen) atoms. The summed E-state index contributed by atoms with van der Waals surface area (Å²) < 4.78 is 23.9. The number of carbonyl (C=O) groups excluding carboxylic acids is 3. The Hall–Kier alpha value is -4.59. The van der Waals surface area contributed by atoms with E-state index in [2.05, 4.69) is 25.3 Å². The number of aryl methyl sites for hydroxylation is 1. The van der Waals surface area contributed by atoms with Crippen LogP contribution in [0.3, 0.4) is 0 Å². The van der Waals surface area contributed by atoms with Crippen LogP contribution in [0.15, 0.2) is 49.1 Å². The Morgan fingerprint density at radius 3 is 2.12 bits per heavy atom. The second-order valence-electron chi connectivity index (χ2n) is 11.1. The lowest BCUT2D eigenvalue weighted by atomic mass is 10.1. The van der Waals surface area contributed by atoms with Crippen LogP contribution in [-0.4, -0.2) is 131 Å². The van der Waals surface area contributed by atoms with Crippen LogP contribution in [0.5, 0.6) is 5.75 Å². The zero-order valence-electron chi connectivity index (χ0n) is 26.7. The van der Waals surface area contributed by atoms with Crippen molar-refractivity contribution in [2.24, 2.45) is 0 Å². The average molecular weight is 721 g/mol. The molecule has 1 aliphatic rings. The van der Waals surface area contributed by atoms with Gasteiger partial charge in [-0.1, -0.05) is 25.6 Å². The Balaban J connectivity index is 0.000000672. The predicted molar refractivity (Wildman–Crippen MR) is 174 cm³/mol. The zero-order valence-corrected chi connectivity index (χ0v) is 27.6. The highest BCUT2D eigenvalue weighted by Crippen LogP contribution is 2.36. The normalized spacial score (nSPS) is 14.3. The fourth-order valence-electron chi connectivity index (χ4n) is 4.76. The number of methoxy groups -OCH3 is 1. The number of ketones is 1. The van der Waals surface area contributed by atoms with Crippen LogP contribution in [0.1, 0.15) is 34.0 Å². The van der Waals surface area contributed by atoms with Crippen molar-refractivity contribution in [2.75, 3.05) is 53.1 Å². The van der Waals surface area contributed by atoms with E-state index in [9.17, 15) is 28.7 Å². The first-order chi connectivity index (χ1) is 23.3. The Morgan fingerprint density at radius 2 is 1.62 bits per heavy atom. The molecular weight excluding hydrogens is 679 g/mol. The average Bonchev–Trinajstić information content (AvgIpc) is 3.73. The molecular formula is C30H41N8O11P. The molecule has 1 saturated heterocycles. The van der Waals surface area contributed by atoms with E-state index in [-0.39, 0.29) is 87.4 Å². The number of piperazine rings is 1. The van der Waals surface area contributed by atoms with Gasteiger partial charge in [-0.25, -0.2) is 14.6 Å². The number of phosphoric acid groups is 1. The van der Waals surface area contributed by atoms with Crippen LogP contribution in [0, 0.1) is 6.92 Å². The topological polar surface area (TPSA) is 273 Å². The summed E-state index contributed by atoms with van der Waals surface area (Å²) in [5, 5.41) is 29.6. The third kappa shape index (κ3) is 9.14. The van der Waals surface area contributed by atoms with Crippen molar-refractivity contribution < 1.29 is 59.0 Å². The van der Waals surface area contributed by atoms with Crippen molar-refractivity contribution in [3.63, 3.8) is 0 Å². The van der Waals surface area contributed by atoms with Crippen LogP contribution in [0.25, 0.3) is 16.7 Å². The quantitative estimate of drug-likeness (QED) is 0.0645. The number of pyridine rings is 1. The van der Waals surface area contributed by atoms with Gasteiger partial charge in [0.15, 0.2) is 11.4 Å². The van der Waals surface area contributed by atoms with Gasteiger partial charge in [0.25, 0.3) is 25.4 Å². The highest BCUT2D eigenvalue weighted by molar-refractivity contribution is 7.44. The number of ether oxygens (including phenoxy) is 1. The number of fused-ring (bicyclic) bond motifs is 1. The van der Waals surface area contributed by atoms with Crippen molar-refractivity contribution in [1.82, 2.24) is 34.1 Å². The molecule has 2 amide bonds. The Labute approximate surface area is 286 Å². The van der Waals surface area contributed by atoms with E-state index in [1.165, 1.54) is 40.0 Å². The predicted octanol–water partition coefficient (Wildman–Crippen LogP) is -1.88. The van der Waals surface area contributed by atoms with Crippen LogP contribution in [-0.2, 0) is 20.6 Å². The van der Waals surface area contributed by atoms with Gasteiger partial charge in [0.05, 0.1) is 24.3 Å². The molecule has 0 saturated carbocycles. The van der Waals surface area contributed by atoms with Gasteiger partial charge >= 0.3 is 0 Å². The second-order valence-corrected chi connectivity index (χ2v) is 12.3. The number of carbonyl (C=O) groups is 3. The number of hydrogen-bond donors (Lipinski definition) is 5. The SMILES string of the molecule is C.COc1cnc(-n2cnc(C)n2)c2c1c(C(=O)C(=O)N1CCN(C(=O)c3ccccc3)CC1)cn2COP(=O)([O-])O.[NH3+]C(CO)(CO)CO. The molecule has 0 aliphatic carbocycles. The minimum absolute atomic E-state index is 0. The summed E-state index contributed by atoms with van der Waals surface area (Å²) in [7, 11) is -3.80. The summed E-state index contributed by atoms with van der Waals surface area (Å²) in [5.41, 5.74) is 2.99. The van der Waals surface area contributed by atoms with E-state index in [1.54, 1.807) is 36.1 Å². The molecule has 1 atom stereocenters. The van der Waals surface area contributed by atoms with E-state index in [0.29, 0.717) is 11.4 Å². The smallest absolute Gasteiger partial charge is 0.295 e. The first-order valence-corrected chi connectivity index (χ1v) is 16.2. The van der Waals surface area contributed by atoms with Crippen molar-refractivity contribution in [3.8, 4) is 11.6 Å². The van der Waals surface area contributed by atoms with Crippen molar-refractivity contribution in [1.29, 1.82) is 0 Å². The van der Waals surface area contributed by atoms with E-state index >= 15 is 0 Å². The van der Waals surface area contributed by atoms with Gasteiger partial charge in [0.2, 0.25) is 0 Å². The first kappa shape index (κ1) is 39.8. The highest BCUT2D eigenvalue weighted by Gasteiger charge is 2.33. The van der Waals surface area contributed by atoms with Crippen molar-refractivity contribution >= 4 is 36.3 Å². The molecule has 4 heterocycles. The van der Waals surface area contributed by atoms with Gasteiger partial charge in [0.1, 0.15) is 50.0 Å². The lowest BCUT2D eigenvalue weighted by molar-refractivity contribution is -0.494. The maximum Gasteiger partial charge on any atom is 0.295 e. The second kappa shape index (κ2) is 16.9. The lowest BCUT2D eigenvalue weighted by Crippen LogP contribution is -2.78. The van der Waals surface area contributed by atoms with Gasteiger partial charge in [-0.15, -0.1) is 0 Å². The fourth-order valence-corrected chi connectivity index (χ4v) is 5.03. The molecule has 1 aromatic carbocycles. The van der Waals surface area contributed by atoms with E-state index in [1.807, 2.05) is 6.07 Å². The number of aromatic nitrogens is 5. The lowest BCUT2D eigenvalue weighted by Gasteiger charge is -2.34. The summed E-state index contributed by atoms with van der Waals surface area (Å²) >= 11 is 0. The monoisotopic (exact) mass is 720 g/mol. The molecule has 19 nitrogen and oxygen atoms in total. The van der Waals surface area contributed by atoms with Crippen LogP contribution >= 0.6 is 7.82 Å². The van der Waals surface area contributed by atoms with Gasteiger partial charge in [-0.3, -0.25) is 23.5 Å². The van der Waals surface area contributed by atoms with E-state index < -0.39 is 31.8 Å². The number of benzene rings is 1. The number of nitrogens with zero attached hydrogens (tertiary/aromatic N) is 7. The molecule has 3 aromatic heterocycles. The molecule has 4 aromatic rings. The molecule has 5 rings (SSSR count). The number of rotatable bonds is 11. The summed E-state index contributed by atoms with van der Waals surface area (Å²) in [6, 6.07) is 8.77. The molecule has 272 valence electrons. The van der Waals surface area contributed by atoms with Gasteiger partial charge < -0.3 is 49.9 Å². The standard InChI is InChI=1S/C25H26N7O8P.C4H11NO3.CH4/c1-16-27-14-32(28-16)23-21-20(19(39-2)12-26-23)18(13-31(21)15-40-41(36,37)38)22(33)25(35)30-10-8-29(9-11-30)24(34)17-6-4-3-5-7-17;5-4(1-6,2-7)3-8;/h3-7,12-14H,8-11,15H2,1-2H3,(H2,36,37,38);6-8H,1-3,5H2;1H4. The number of hydrogen-bond acceptors (Lipinski definition) is 13. The summed E-state index contributed by atoms with van der Waals surface area (Å²) in [6.07, 6.45) is 3.93. The minimum Gasteiger partial charge on any atom is -0.756 e. The maximum atomic E-state index is 13.6. The number of Topliss-reactive ketones (excluding diaryl/α,β-unsaturated/α-hetero) is 1. The number of aliphatic hydroxyl groups excluding tert-OH is 3. The van der Waals surface area contributed by atoms with Gasteiger partial charge in [-0.05, 0) is 19.1 Å². The zero-order chi connectivity index (χ0) is 35.9. The largest absolute Gasteiger partial charge is 0.756 e. The molecule has 0 spiro atoms. The molecule has 20 heteroatoms. The Bertz CT molecular complexity index is 1820. The molecule has 1 unspecified atom stereocenters. The Kier molecular flexibility index (Phi) is 13.5. The van der Waals surface area contributed by atoms with E-state index in [4.69, 9.17) is 20.1 Å². The Morgan fingerprint density at radius 1 is 1.02 bits per heavy atom. The van der Waals surface area contributed by atoms with E-state index in [0.717, 1.165) is 0 Å². The molecule has 0 radical (unpaired) electrons. The number of phosphoric ester groups is 1. The summed E-state index contributed by atoms with van der Waals surface area (Å²) in [5.74, 6) is -1.19. The summed E-state index contributed by atoms with van der Waals surface area (Å²) in [4.78, 5) is 71.7. The third-order valence-corrected chi connectivity index (χ3v) is 8.01. The minimum atomic E-state index is -5.15. The van der Waals surface area contributed by atoms with Crippen LogP contribution < -0.4 is 15.4 Å². The highest BCUT2D eigenvalue weighted by atomic mass is 31.2. The van der Waals surface area contributed by atoms with Crippen LogP contribution in [0.2, 0.25) is 0 Å². The van der Waals surface area contributed by atoms with Crippen LogP contribution in [0.4, 0.5) is 0 Å². The van der Waals surface area contributed by atoms with Gasteiger partial charge in [-0.2, -0.15) is 5.10 Å². The van der Waals surface area contributed by atoms with Gasteiger partial charge in [0, 0.05) is 37.9 Å². The summed E-state index contributed by atoms with van der Waals surface area (Å²) in [6.45, 7) is 0.792. The molecule has 7 N–H and O–H groups in total. The first-order valence-electron chi connectivity index (χ1n) is 14.7. The number of quaternary nitrogens is 1. The molecule has 1 fully saturated rings. The van der Waals surface area contributed by atoms with Crippen molar-refractivity contribution in [3.05, 3.63) is 66.0 Å².